The quantitative estimate of drug-likeness (QED) is 0.804. The largest absolute Gasteiger partial charge is 0.478 e. The van der Waals surface area contributed by atoms with Crippen LogP contribution in [0.1, 0.15) is 24.2 Å². The van der Waals surface area contributed by atoms with Crippen molar-refractivity contribution < 1.29 is 14.7 Å². The van der Waals surface area contributed by atoms with Crippen LogP contribution < -0.4 is 5.32 Å². The van der Waals surface area contributed by atoms with E-state index in [1.807, 2.05) is 13.8 Å². The average molecular weight is 251 g/mol. The summed E-state index contributed by atoms with van der Waals surface area (Å²) in [5, 5.41) is 11.7. The van der Waals surface area contributed by atoms with Gasteiger partial charge in [0.25, 0.3) is 0 Å². The van der Waals surface area contributed by atoms with Crippen LogP contribution in [0.2, 0.25) is 0 Å². The van der Waals surface area contributed by atoms with Crippen molar-refractivity contribution >= 4 is 29.3 Å². The molecule has 1 aromatic carbocycles. The Morgan fingerprint density at radius 2 is 2.18 bits per heavy atom. The Hall–Kier alpha value is -1.49. The number of amides is 1. The van der Waals surface area contributed by atoms with Gasteiger partial charge in [0.05, 0.1) is 16.7 Å². The maximum absolute atomic E-state index is 11.9. The Morgan fingerprint density at radius 3 is 2.82 bits per heavy atom. The van der Waals surface area contributed by atoms with Gasteiger partial charge in [0.2, 0.25) is 5.91 Å². The molecule has 1 aliphatic heterocycles. The van der Waals surface area contributed by atoms with E-state index < -0.39 is 11.4 Å². The number of hydrogen-bond donors (Lipinski definition) is 2. The molecule has 4 nitrogen and oxygen atoms in total. The van der Waals surface area contributed by atoms with Gasteiger partial charge in [-0.25, -0.2) is 4.79 Å². The zero-order chi connectivity index (χ0) is 12.6. The first kappa shape index (κ1) is 12.0. The molecule has 17 heavy (non-hydrogen) atoms. The predicted molar refractivity (Wildman–Crippen MR) is 66.5 cm³/mol. The van der Waals surface area contributed by atoms with Crippen LogP contribution in [0.5, 0.6) is 0 Å². The van der Waals surface area contributed by atoms with E-state index in [1.165, 1.54) is 17.8 Å². The van der Waals surface area contributed by atoms with E-state index >= 15 is 0 Å². The number of carboxylic acid groups (broad SMARTS) is 1. The number of rotatable bonds is 1. The third-order valence-electron chi connectivity index (χ3n) is 2.68. The third-order valence-corrected chi connectivity index (χ3v) is 4.19. The predicted octanol–water partition coefficient (Wildman–Crippen LogP) is 2.46. The summed E-state index contributed by atoms with van der Waals surface area (Å²) in [7, 11) is 0. The van der Waals surface area contributed by atoms with Gasteiger partial charge in [-0.2, -0.15) is 0 Å². The second-order valence-corrected chi connectivity index (χ2v) is 5.66. The fourth-order valence-electron chi connectivity index (χ4n) is 1.49. The molecule has 1 aliphatic rings. The van der Waals surface area contributed by atoms with Crippen LogP contribution in [0, 0.1) is 5.41 Å². The maximum Gasteiger partial charge on any atom is 0.335 e. The SMILES string of the molecule is CC1(C)CSc2cc(C(=O)O)ccc2NC1=O. The minimum atomic E-state index is -0.955. The van der Waals surface area contributed by atoms with Crippen molar-refractivity contribution in [2.75, 3.05) is 11.1 Å². The molecule has 2 N–H and O–H groups in total. The molecule has 0 unspecified atom stereocenters. The number of aromatic carboxylic acids is 1. The molecule has 0 aromatic heterocycles. The molecule has 0 atom stereocenters. The van der Waals surface area contributed by atoms with Crippen LogP contribution in [0.25, 0.3) is 0 Å². The lowest BCUT2D eigenvalue weighted by Gasteiger charge is -2.18. The summed E-state index contributed by atoms with van der Waals surface area (Å²) in [6.07, 6.45) is 0. The Morgan fingerprint density at radius 1 is 1.47 bits per heavy atom. The second kappa shape index (κ2) is 4.07. The molecule has 90 valence electrons. The fourth-order valence-corrected chi connectivity index (χ4v) is 2.63. The van der Waals surface area contributed by atoms with Gasteiger partial charge in [0.1, 0.15) is 0 Å². The highest BCUT2D eigenvalue weighted by atomic mass is 32.2. The van der Waals surface area contributed by atoms with Gasteiger partial charge in [-0.3, -0.25) is 4.79 Å². The summed E-state index contributed by atoms with van der Waals surface area (Å²) < 4.78 is 0. The van der Waals surface area contributed by atoms with Gasteiger partial charge in [-0.15, -0.1) is 11.8 Å². The Labute approximate surface area is 103 Å². The Bertz CT molecular complexity index is 497. The number of carboxylic acids is 1. The molecule has 0 saturated heterocycles. The van der Waals surface area contributed by atoms with Gasteiger partial charge < -0.3 is 10.4 Å². The lowest BCUT2D eigenvalue weighted by molar-refractivity contribution is -0.122. The van der Waals surface area contributed by atoms with E-state index in [1.54, 1.807) is 12.1 Å². The first-order valence-electron chi connectivity index (χ1n) is 5.22. The zero-order valence-electron chi connectivity index (χ0n) is 9.61. The number of carbonyl (C=O) groups is 2. The first-order chi connectivity index (χ1) is 7.90. The fraction of sp³-hybridized carbons (Fsp3) is 0.333. The second-order valence-electron chi connectivity index (χ2n) is 4.64. The molecule has 0 spiro atoms. The van der Waals surface area contributed by atoms with Crippen molar-refractivity contribution in [2.24, 2.45) is 5.41 Å². The van der Waals surface area contributed by atoms with Crippen LogP contribution in [0.3, 0.4) is 0 Å². The van der Waals surface area contributed by atoms with E-state index in [9.17, 15) is 9.59 Å². The van der Waals surface area contributed by atoms with E-state index in [2.05, 4.69) is 5.32 Å². The van der Waals surface area contributed by atoms with Crippen molar-refractivity contribution in [3.63, 3.8) is 0 Å². The molecule has 1 heterocycles. The first-order valence-corrected chi connectivity index (χ1v) is 6.20. The van der Waals surface area contributed by atoms with Gasteiger partial charge in [-0.1, -0.05) is 13.8 Å². The number of carbonyl (C=O) groups excluding carboxylic acids is 1. The molecule has 0 radical (unpaired) electrons. The standard InChI is InChI=1S/C12H13NO3S/c1-12(2)6-17-9-5-7(10(14)15)3-4-8(9)13-11(12)16/h3-5H,6H2,1-2H3,(H,13,16)(H,14,15). The molecule has 5 heteroatoms. The highest BCUT2D eigenvalue weighted by Gasteiger charge is 2.31. The minimum absolute atomic E-state index is 0.0353. The van der Waals surface area contributed by atoms with Gasteiger partial charge in [0.15, 0.2) is 0 Å². The molecule has 0 saturated carbocycles. The Balaban J connectivity index is 2.40. The summed E-state index contributed by atoms with van der Waals surface area (Å²) in [6.45, 7) is 3.75. The summed E-state index contributed by atoms with van der Waals surface area (Å²) in [5.74, 6) is -0.357. The van der Waals surface area contributed by atoms with Crippen LogP contribution in [-0.2, 0) is 4.79 Å². The van der Waals surface area contributed by atoms with Crippen LogP contribution in [0.4, 0.5) is 5.69 Å². The van der Waals surface area contributed by atoms with Crippen LogP contribution in [0.15, 0.2) is 23.1 Å². The van der Waals surface area contributed by atoms with Gasteiger partial charge in [0, 0.05) is 10.6 Å². The smallest absolute Gasteiger partial charge is 0.335 e. The number of anilines is 1. The Kier molecular flexibility index (Phi) is 2.87. The molecule has 0 aliphatic carbocycles. The highest BCUT2D eigenvalue weighted by Crippen LogP contribution is 2.37. The maximum atomic E-state index is 11.9. The topological polar surface area (TPSA) is 66.4 Å². The molecule has 2 rings (SSSR count). The zero-order valence-corrected chi connectivity index (χ0v) is 10.4. The third kappa shape index (κ3) is 2.29. The number of fused-ring (bicyclic) bond motifs is 1. The van der Waals surface area contributed by atoms with Crippen molar-refractivity contribution in [2.45, 2.75) is 18.7 Å². The highest BCUT2D eigenvalue weighted by molar-refractivity contribution is 7.99. The van der Waals surface area contributed by atoms with Crippen LogP contribution in [-0.4, -0.2) is 22.7 Å². The number of nitrogens with one attached hydrogen (secondary N) is 1. The molecular weight excluding hydrogens is 238 g/mol. The van der Waals surface area contributed by atoms with Crippen molar-refractivity contribution in [3.8, 4) is 0 Å². The lowest BCUT2D eigenvalue weighted by atomic mass is 9.95. The number of benzene rings is 1. The van der Waals surface area contributed by atoms with Crippen molar-refractivity contribution in [1.82, 2.24) is 0 Å². The summed E-state index contributed by atoms with van der Waals surface area (Å²) in [6, 6.07) is 4.75. The summed E-state index contributed by atoms with van der Waals surface area (Å²) >= 11 is 1.51. The molecular formula is C12H13NO3S. The van der Waals surface area contributed by atoms with Crippen molar-refractivity contribution in [3.05, 3.63) is 23.8 Å². The van der Waals surface area contributed by atoms with E-state index in [0.29, 0.717) is 11.4 Å². The van der Waals surface area contributed by atoms with Gasteiger partial charge in [-0.05, 0) is 18.2 Å². The van der Waals surface area contributed by atoms with Crippen molar-refractivity contribution in [1.29, 1.82) is 0 Å². The normalized spacial score (nSPS) is 17.9. The minimum Gasteiger partial charge on any atom is -0.478 e. The molecule has 1 aromatic rings. The average Bonchev–Trinajstić information content (AvgIpc) is 2.37. The molecule has 1 amide bonds. The van der Waals surface area contributed by atoms with E-state index in [0.717, 1.165) is 4.90 Å². The summed E-state index contributed by atoms with van der Waals surface area (Å²) in [5.41, 5.74) is 0.480. The van der Waals surface area contributed by atoms with Gasteiger partial charge >= 0.3 is 5.97 Å². The lowest BCUT2D eigenvalue weighted by Crippen LogP contribution is -2.31. The van der Waals surface area contributed by atoms with E-state index in [-0.39, 0.29) is 11.5 Å². The van der Waals surface area contributed by atoms with E-state index in [4.69, 9.17) is 5.11 Å². The monoisotopic (exact) mass is 251 g/mol. The molecule has 0 bridgehead atoms. The number of thioether (sulfide) groups is 1. The van der Waals surface area contributed by atoms with Crippen LogP contribution >= 0.6 is 11.8 Å². The summed E-state index contributed by atoms with van der Waals surface area (Å²) in [4.78, 5) is 23.6. The number of hydrogen-bond acceptors (Lipinski definition) is 3. The molecule has 0 fully saturated rings.